The average Bonchev–Trinajstić information content (AvgIpc) is 2.64. The molecule has 2 heterocycles. The van der Waals surface area contributed by atoms with Crippen molar-refractivity contribution in [3.05, 3.63) is 0 Å². The van der Waals surface area contributed by atoms with Gasteiger partial charge in [-0.1, -0.05) is 0 Å². The molecule has 0 aromatic carbocycles. The molecule has 1 N–H and O–H groups in total. The lowest BCUT2D eigenvalue weighted by Crippen LogP contribution is -2.33. The van der Waals surface area contributed by atoms with Crippen molar-refractivity contribution in [2.24, 2.45) is 11.8 Å². The maximum absolute atomic E-state index is 11.7. The van der Waals surface area contributed by atoms with Gasteiger partial charge in [0, 0.05) is 25.0 Å². The minimum atomic E-state index is 0.437. The van der Waals surface area contributed by atoms with Crippen molar-refractivity contribution in [2.75, 3.05) is 19.6 Å². The summed E-state index contributed by atoms with van der Waals surface area (Å²) in [6.07, 6.45) is 4.95. The van der Waals surface area contributed by atoms with Crippen LogP contribution in [0.4, 0.5) is 0 Å². The Morgan fingerprint density at radius 2 is 2.43 bits per heavy atom. The predicted molar refractivity (Wildman–Crippen MR) is 53.8 cm³/mol. The van der Waals surface area contributed by atoms with Gasteiger partial charge >= 0.3 is 0 Å². The van der Waals surface area contributed by atoms with Crippen LogP contribution in [0.25, 0.3) is 0 Å². The second kappa shape index (κ2) is 3.23. The number of piperidine rings is 1. The number of hydrogen-bond donors (Lipinski definition) is 1. The first kappa shape index (κ1) is 8.72. The summed E-state index contributed by atoms with van der Waals surface area (Å²) < 4.78 is 0. The van der Waals surface area contributed by atoms with Crippen LogP contribution in [-0.2, 0) is 4.79 Å². The lowest BCUT2D eigenvalue weighted by molar-refractivity contribution is -0.130. The number of carbonyl (C=O) groups excluding carboxylic acids is 1. The molecule has 3 rings (SSSR count). The smallest absolute Gasteiger partial charge is 0.226 e. The van der Waals surface area contributed by atoms with Gasteiger partial charge in [-0.2, -0.15) is 0 Å². The van der Waals surface area contributed by atoms with E-state index in [-0.39, 0.29) is 0 Å². The van der Waals surface area contributed by atoms with Gasteiger partial charge in [-0.05, 0) is 38.1 Å². The van der Waals surface area contributed by atoms with Crippen LogP contribution in [0.3, 0.4) is 0 Å². The third kappa shape index (κ3) is 1.44. The van der Waals surface area contributed by atoms with Crippen molar-refractivity contribution in [3.8, 4) is 0 Å². The molecule has 0 aromatic rings. The fourth-order valence-corrected chi connectivity index (χ4v) is 2.88. The summed E-state index contributed by atoms with van der Waals surface area (Å²) in [5.74, 6) is 1.61. The first-order valence-electron chi connectivity index (χ1n) is 5.87. The van der Waals surface area contributed by atoms with Crippen LogP contribution >= 0.6 is 0 Å². The Morgan fingerprint density at radius 1 is 1.50 bits per heavy atom. The summed E-state index contributed by atoms with van der Waals surface area (Å²) >= 11 is 0. The quantitative estimate of drug-likeness (QED) is 0.714. The van der Waals surface area contributed by atoms with Gasteiger partial charge in [0.05, 0.1) is 0 Å². The zero-order valence-corrected chi connectivity index (χ0v) is 8.54. The highest BCUT2D eigenvalue weighted by Crippen LogP contribution is 2.45. The number of nitrogens with zero attached hydrogens (tertiary/aromatic N) is 1. The van der Waals surface area contributed by atoms with E-state index >= 15 is 0 Å². The van der Waals surface area contributed by atoms with Gasteiger partial charge in [0.2, 0.25) is 5.91 Å². The minimum Gasteiger partial charge on any atom is -0.342 e. The molecule has 3 fully saturated rings. The number of rotatable bonds is 3. The zero-order valence-electron chi connectivity index (χ0n) is 8.54. The molecule has 78 valence electrons. The van der Waals surface area contributed by atoms with Crippen molar-refractivity contribution < 1.29 is 4.79 Å². The highest BCUT2D eigenvalue weighted by molar-refractivity contribution is 5.84. The zero-order chi connectivity index (χ0) is 9.54. The summed E-state index contributed by atoms with van der Waals surface area (Å²) in [7, 11) is 0. The topological polar surface area (TPSA) is 32.3 Å². The molecular formula is C11H18N2O. The summed E-state index contributed by atoms with van der Waals surface area (Å²) in [5.41, 5.74) is 0. The molecule has 0 bridgehead atoms. The van der Waals surface area contributed by atoms with E-state index in [9.17, 15) is 4.79 Å². The fraction of sp³-hybridized carbons (Fsp3) is 0.909. The van der Waals surface area contributed by atoms with Crippen LogP contribution in [0, 0.1) is 11.8 Å². The summed E-state index contributed by atoms with van der Waals surface area (Å²) in [4.78, 5) is 13.7. The van der Waals surface area contributed by atoms with E-state index in [2.05, 4.69) is 10.2 Å². The molecule has 2 saturated heterocycles. The monoisotopic (exact) mass is 194 g/mol. The van der Waals surface area contributed by atoms with Gasteiger partial charge in [0.1, 0.15) is 0 Å². The molecule has 1 amide bonds. The number of fused-ring (bicyclic) bond motifs is 1. The Morgan fingerprint density at radius 3 is 3.07 bits per heavy atom. The van der Waals surface area contributed by atoms with E-state index in [0.29, 0.717) is 17.9 Å². The van der Waals surface area contributed by atoms with Crippen molar-refractivity contribution >= 4 is 5.91 Å². The fourth-order valence-electron chi connectivity index (χ4n) is 2.88. The molecule has 3 nitrogen and oxygen atoms in total. The van der Waals surface area contributed by atoms with Crippen LogP contribution in [-0.4, -0.2) is 36.5 Å². The second-order valence-electron chi connectivity index (χ2n) is 4.97. The molecule has 2 aliphatic heterocycles. The Hall–Kier alpha value is -0.570. The molecule has 1 aliphatic carbocycles. The first-order chi connectivity index (χ1) is 6.84. The molecule has 0 aromatic heterocycles. The highest BCUT2D eigenvalue weighted by Gasteiger charge is 2.51. The molecular weight excluding hydrogens is 176 g/mol. The summed E-state index contributed by atoms with van der Waals surface area (Å²) in [6.45, 7) is 3.21. The number of carbonyl (C=O) groups is 1. The number of hydrogen-bond acceptors (Lipinski definition) is 2. The predicted octanol–water partition coefficient (Wildman–Crippen LogP) is 0.607. The van der Waals surface area contributed by atoms with Crippen LogP contribution in [0.5, 0.6) is 0 Å². The Balaban J connectivity index is 1.46. The van der Waals surface area contributed by atoms with E-state index in [4.69, 9.17) is 0 Å². The van der Waals surface area contributed by atoms with Crippen LogP contribution in [0.15, 0.2) is 0 Å². The van der Waals surface area contributed by atoms with E-state index in [0.717, 1.165) is 25.4 Å². The van der Waals surface area contributed by atoms with Crippen molar-refractivity contribution in [2.45, 2.75) is 31.7 Å². The maximum atomic E-state index is 11.7. The molecule has 3 atom stereocenters. The van der Waals surface area contributed by atoms with Gasteiger partial charge in [-0.15, -0.1) is 0 Å². The molecule has 3 heteroatoms. The number of amides is 1. The summed E-state index contributed by atoms with van der Waals surface area (Å²) in [6, 6.07) is 0.680. The molecule has 3 aliphatic rings. The van der Waals surface area contributed by atoms with E-state index in [1.54, 1.807) is 0 Å². The van der Waals surface area contributed by atoms with Crippen molar-refractivity contribution in [1.29, 1.82) is 0 Å². The third-order valence-corrected chi connectivity index (χ3v) is 3.92. The molecule has 0 spiro atoms. The second-order valence-corrected chi connectivity index (χ2v) is 4.97. The van der Waals surface area contributed by atoms with Gasteiger partial charge in [0.15, 0.2) is 0 Å². The maximum Gasteiger partial charge on any atom is 0.226 e. The van der Waals surface area contributed by atoms with Gasteiger partial charge < -0.3 is 10.2 Å². The molecule has 1 saturated carbocycles. The van der Waals surface area contributed by atoms with Gasteiger partial charge in [-0.3, -0.25) is 4.79 Å². The minimum absolute atomic E-state index is 0.437. The van der Waals surface area contributed by atoms with Gasteiger partial charge in [-0.25, -0.2) is 0 Å². The van der Waals surface area contributed by atoms with Crippen molar-refractivity contribution in [3.63, 3.8) is 0 Å². The van der Waals surface area contributed by atoms with E-state index in [1.165, 1.54) is 25.8 Å². The van der Waals surface area contributed by atoms with Crippen LogP contribution in [0.1, 0.15) is 25.7 Å². The lowest BCUT2D eigenvalue weighted by atomic mass is 10.1. The Bertz CT molecular complexity index is 248. The highest BCUT2D eigenvalue weighted by atomic mass is 16.2. The van der Waals surface area contributed by atoms with Gasteiger partial charge in [0.25, 0.3) is 0 Å². The third-order valence-electron chi connectivity index (χ3n) is 3.92. The molecule has 3 unspecified atom stereocenters. The standard InChI is InChI=1S/C11H18N2O/c14-11-10-6-8(10)7-13(11)5-3-9-2-1-4-12-9/h8-10,12H,1-7H2. The van der Waals surface area contributed by atoms with Crippen LogP contribution < -0.4 is 5.32 Å². The van der Waals surface area contributed by atoms with E-state index in [1.807, 2.05) is 0 Å². The normalized spacial score (nSPS) is 40.4. The average molecular weight is 194 g/mol. The summed E-state index contributed by atoms with van der Waals surface area (Å²) in [5, 5.41) is 3.48. The first-order valence-corrected chi connectivity index (χ1v) is 5.87. The SMILES string of the molecule is O=C1C2CC2CN1CCC1CCCN1. The number of likely N-dealkylation sites (tertiary alicyclic amines) is 1. The van der Waals surface area contributed by atoms with Crippen molar-refractivity contribution in [1.82, 2.24) is 10.2 Å². The molecule has 14 heavy (non-hydrogen) atoms. The Labute approximate surface area is 84.8 Å². The largest absolute Gasteiger partial charge is 0.342 e. The van der Waals surface area contributed by atoms with Crippen LogP contribution in [0.2, 0.25) is 0 Å². The number of nitrogens with one attached hydrogen (secondary N) is 1. The Kier molecular flexibility index (Phi) is 2.01. The lowest BCUT2D eigenvalue weighted by Gasteiger charge is -2.20. The van der Waals surface area contributed by atoms with E-state index < -0.39 is 0 Å². The molecule has 0 radical (unpaired) electrons.